The van der Waals surface area contributed by atoms with Crippen molar-refractivity contribution in [1.82, 2.24) is 5.32 Å². The number of amides is 1. The molecule has 22 heavy (non-hydrogen) atoms. The fraction of sp³-hybridized carbons (Fsp3) is 0.588. The molecule has 120 valence electrons. The van der Waals surface area contributed by atoms with Crippen LogP contribution in [-0.4, -0.2) is 37.9 Å². The molecule has 1 aromatic carbocycles. The van der Waals surface area contributed by atoms with Gasteiger partial charge in [0.15, 0.2) is 0 Å². The summed E-state index contributed by atoms with van der Waals surface area (Å²) in [5.41, 5.74) is 1.05. The first-order valence-corrected chi connectivity index (χ1v) is 8.04. The lowest BCUT2D eigenvalue weighted by Gasteiger charge is -2.12. The summed E-state index contributed by atoms with van der Waals surface area (Å²) in [5.74, 6) is 0.820. The lowest BCUT2D eigenvalue weighted by Crippen LogP contribution is -2.33. The van der Waals surface area contributed by atoms with E-state index in [9.17, 15) is 4.79 Å². The Morgan fingerprint density at radius 1 is 1.14 bits per heavy atom. The molecule has 2 fully saturated rings. The highest BCUT2D eigenvalue weighted by Crippen LogP contribution is 2.17. The van der Waals surface area contributed by atoms with Gasteiger partial charge in [0, 0.05) is 19.8 Å². The molecule has 1 amide bonds. The maximum Gasteiger partial charge on any atom is 0.249 e. The van der Waals surface area contributed by atoms with E-state index in [1.165, 1.54) is 0 Å². The lowest BCUT2D eigenvalue weighted by atomic mass is 10.2. The van der Waals surface area contributed by atoms with Crippen molar-refractivity contribution in [2.24, 2.45) is 0 Å². The minimum absolute atomic E-state index is 0.0174. The van der Waals surface area contributed by atoms with Crippen LogP contribution in [0.3, 0.4) is 0 Å². The van der Waals surface area contributed by atoms with Crippen LogP contribution in [0.5, 0.6) is 5.75 Å². The van der Waals surface area contributed by atoms with E-state index in [1.54, 1.807) is 0 Å². The fourth-order valence-corrected chi connectivity index (χ4v) is 2.76. The van der Waals surface area contributed by atoms with Gasteiger partial charge < -0.3 is 19.5 Å². The van der Waals surface area contributed by atoms with E-state index in [1.807, 2.05) is 24.3 Å². The maximum absolute atomic E-state index is 11.9. The van der Waals surface area contributed by atoms with Gasteiger partial charge in [-0.2, -0.15) is 0 Å². The van der Waals surface area contributed by atoms with Crippen LogP contribution in [0, 0.1) is 0 Å². The van der Waals surface area contributed by atoms with Crippen molar-refractivity contribution >= 4 is 5.91 Å². The minimum atomic E-state index is -0.269. The molecule has 0 aliphatic carbocycles. The molecule has 2 aliphatic rings. The zero-order chi connectivity index (χ0) is 15.2. The molecule has 2 heterocycles. The van der Waals surface area contributed by atoms with Crippen LogP contribution in [0.1, 0.15) is 31.2 Å². The summed E-state index contributed by atoms with van der Waals surface area (Å²) in [5, 5.41) is 2.91. The third kappa shape index (κ3) is 4.21. The summed E-state index contributed by atoms with van der Waals surface area (Å²) in [4.78, 5) is 11.9. The molecule has 0 saturated carbocycles. The van der Waals surface area contributed by atoms with Gasteiger partial charge in [-0.3, -0.25) is 4.79 Å². The second-order valence-corrected chi connectivity index (χ2v) is 5.81. The van der Waals surface area contributed by atoms with E-state index in [2.05, 4.69) is 5.32 Å². The number of carbonyl (C=O) groups is 1. The summed E-state index contributed by atoms with van der Waals surface area (Å²) in [6, 6.07) is 7.81. The van der Waals surface area contributed by atoms with Crippen molar-refractivity contribution in [2.75, 3.05) is 19.8 Å². The molecule has 1 N–H and O–H groups in total. The van der Waals surface area contributed by atoms with Crippen LogP contribution in [-0.2, 0) is 20.8 Å². The van der Waals surface area contributed by atoms with Gasteiger partial charge in [0.1, 0.15) is 18.5 Å². The predicted molar refractivity (Wildman–Crippen MR) is 81.7 cm³/mol. The number of hydrogen-bond donors (Lipinski definition) is 1. The van der Waals surface area contributed by atoms with Crippen molar-refractivity contribution in [3.8, 4) is 5.75 Å². The molecule has 3 rings (SSSR count). The summed E-state index contributed by atoms with van der Waals surface area (Å²) in [6.45, 7) is 2.66. The molecule has 0 spiro atoms. The Morgan fingerprint density at radius 3 is 2.59 bits per heavy atom. The highest BCUT2D eigenvalue weighted by atomic mass is 16.5. The molecular weight excluding hydrogens is 282 g/mol. The van der Waals surface area contributed by atoms with Gasteiger partial charge in [-0.25, -0.2) is 0 Å². The van der Waals surface area contributed by atoms with Crippen LogP contribution in [0.4, 0.5) is 0 Å². The predicted octanol–water partition coefficient (Wildman–Crippen LogP) is 2.04. The Morgan fingerprint density at radius 2 is 1.91 bits per heavy atom. The second kappa shape index (κ2) is 7.61. The smallest absolute Gasteiger partial charge is 0.249 e. The van der Waals surface area contributed by atoms with E-state index >= 15 is 0 Å². The van der Waals surface area contributed by atoms with Crippen LogP contribution in [0.2, 0.25) is 0 Å². The minimum Gasteiger partial charge on any atom is -0.491 e. The zero-order valence-electron chi connectivity index (χ0n) is 12.8. The number of carbonyl (C=O) groups excluding carboxylic acids is 1. The summed E-state index contributed by atoms with van der Waals surface area (Å²) < 4.78 is 16.6. The van der Waals surface area contributed by atoms with Crippen molar-refractivity contribution < 1.29 is 19.0 Å². The van der Waals surface area contributed by atoms with Gasteiger partial charge in [-0.05, 0) is 43.4 Å². The van der Waals surface area contributed by atoms with Crippen LogP contribution in [0.25, 0.3) is 0 Å². The summed E-state index contributed by atoms with van der Waals surface area (Å²) in [7, 11) is 0. The second-order valence-electron chi connectivity index (χ2n) is 5.81. The lowest BCUT2D eigenvalue weighted by molar-refractivity contribution is -0.130. The van der Waals surface area contributed by atoms with Gasteiger partial charge in [0.05, 0.1) is 6.10 Å². The number of nitrogens with one attached hydrogen (secondary N) is 1. The van der Waals surface area contributed by atoms with Gasteiger partial charge >= 0.3 is 0 Å². The van der Waals surface area contributed by atoms with Crippen LogP contribution >= 0.6 is 0 Å². The largest absolute Gasteiger partial charge is 0.491 e. The Balaban J connectivity index is 1.41. The van der Waals surface area contributed by atoms with E-state index in [0.717, 1.165) is 43.6 Å². The van der Waals surface area contributed by atoms with Crippen molar-refractivity contribution in [1.29, 1.82) is 0 Å². The highest BCUT2D eigenvalue weighted by molar-refractivity contribution is 5.80. The van der Waals surface area contributed by atoms with E-state index in [-0.39, 0.29) is 18.1 Å². The molecule has 0 radical (unpaired) electrons. The van der Waals surface area contributed by atoms with Gasteiger partial charge in [-0.1, -0.05) is 12.1 Å². The number of ether oxygens (including phenoxy) is 3. The fourth-order valence-electron chi connectivity index (χ4n) is 2.76. The quantitative estimate of drug-likeness (QED) is 0.874. The van der Waals surface area contributed by atoms with E-state index in [4.69, 9.17) is 14.2 Å². The van der Waals surface area contributed by atoms with Gasteiger partial charge in [0.25, 0.3) is 0 Å². The van der Waals surface area contributed by atoms with Crippen molar-refractivity contribution in [3.63, 3.8) is 0 Å². The Bertz CT molecular complexity index is 476. The maximum atomic E-state index is 11.9. The molecule has 0 bridgehead atoms. The standard InChI is InChI=1S/C17H23NO4/c19-17(16-4-2-10-21-16)18-11-13-5-7-14(8-6-13)22-12-15-3-1-9-20-15/h5-8,15-16H,1-4,9-12H2,(H,18,19)/t15-,16-/m0/s1. The molecule has 1 aromatic rings. The molecular formula is C17H23NO4. The third-order valence-corrected chi connectivity index (χ3v) is 4.07. The van der Waals surface area contributed by atoms with Crippen molar-refractivity contribution in [2.45, 2.75) is 44.4 Å². The molecule has 5 heteroatoms. The van der Waals surface area contributed by atoms with Gasteiger partial charge in [-0.15, -0.1) is 0 Å². The molecule has 2 saturated heterocycles. The third-order valence-electron chi connectivity index (χ3n) is 4.07. The normalized spacial score (nSPS) is 24.4. The van der Waals surface area contributed by atoms with Crippen LogP contribution < -0.4 is 10.1 Å². The first-order valence-electron chi connectivity index (χ1n) is 8.04. The molecule has 5 nitrogen and oxygen atoms in total. The Kier molecular flexibility index (Phi) is 5.29. The highest BCUT2D eigenvalue weighted by Gasteiger charge is 2.23. The van der Waals surface area contributed by atoms with Crippen LogP contribution in [0.15, 0.2) is 24.3 Å². The van der Waals surface area contributed by atoms with Gasteiger partial charge in [0.2, 0.25) is 5.91 Å². The monoisotopic (exact) mass is 305 g/mol. The Labute approximate surface area is 130 Å². The topological polar surface area (TPSA) is 56.8 Å². The van der Waals surface area contributed by atoms with E-state index in [0.29, 0.717) is 19.8 Å². The SMILES string of the molecule is O=C(NCc1ccc(OC[C@@H]2CCCO2)cc1)[C@@H]1CCCO1. The number of rotatable bonds is 6. The molecule has 0 aromatic heterocycles. The summed E-state index contributed by atoms with van der Waals surface area (Å²) >= 11 is 0. The average Bonchev–Trinajstić information content (AvgIpc) is 3.24. The first-order chi connectivity index (χ1) is 10.8. The number of benzene rings is 1. The molecule has 0 unspecified atom stereocenters. The van der Waals surface area contributed by atoms with Crippen molar-refractivity contribution in [3.05, 3.63) is 29.8 Å². The first kappa shape index (κ1) is 15.3. The average molecular weight is 305 g/mol. The molecule has 2 atom stereocenters. The zero-order valence-corrected chi connectivity index (χ0v) is 12.8. The summed E-state index contributed by atoms with van der Waals surface area (Å²) in [6.07, 6.45) is 3.95. The number of hydrogen-bond acceptors (Lipinski definition) is 4. The van der Waals surface area contributed by atoms with E-state index < -0.39 is 0 Å². The Hall–Kier alpha value is -1.59. The molecule has 2 aliphatic heterocycles.